The Balaban J connectivity index is 2.62. The molecule has 14 heteroatoms. The van der Waals surface area contributed by atoms with Crippen LogP contribution in [0.5, 0.6) is 0 Å². The van der Waals surface area contributed by atoms with Gasteiger partial charge >= 0.3 is 0 Å². The monoisotopic (exact) mass is 973 g/mol. The zero-order chi connectivity index (χ0) is 48.6. The number of carbonyl (C=O) groups is 4. The Morgan fingerprint density at radius 2 is 0.682 bits per heavy atom. The lowest BCUT2D eigenvalue weighted by atomic mass is 10.1. The molecule has 1 fully saturated rings. The molecule has 1 aliphatic rings. The van der Waals surface area contributed by atoms with Crippen LogP contribution in [0.1, 0.15) is 220 Å². The van der Waals surface area contributed by atoms with E-state index < -0.39 is 48.3 Å². The lowest BCUT2D eigenvalue weighted by Crippen LogP contribution is -2.62. The Morgan fingerprint density at radius 1 is 0.439 bits per heavy atom. The second kappa shape index (κ2) is 42.6. The molecular formula is C52H100N4O8S2. The summed E-state index contributed by atoms with van der Waals surface area (Å²) in [6.07, 6.45) is 28.0. The van der Waals surface area contributed by atoms with E-state index in [1.54, 1.807) is 0 Å². The third-order valence-electron chi connectivity index (χ3n) is 12.8. The number of nitrogens with one attached hydrogen (secondary N) is 2. The van der Waals surface area contributed by atoms with Crippen LogP contribution < -0.4 is 10.6 Å². The van der Waals surface area contributed by atoms with Gasteiger partial charge in [-0.2, -0.15) is 0 Å². The van der Waals surface area contributed by atoms with Crippen LogP contribution >= 0.6 is 23.5 Å². The third-order valence-corrected chi connectivity index (χ3v) is 14.5. The van der Waals surface area contributed by atoms with Crippen molar-refractivity contribution in [2.75, 3.05) is 50.8 Å². The zero-order valence-electron chi connectivity index (χ0n) is 42.5. The fourth-order valence-electron chi connectivity index (χ4n) is 8.70. The molecule has 1 saturated heterocycles. The minimum absolute atomic E-state index is 0.176. The number of piperazine rings is 1. The van der Waals surface area contributed by atoms with Crippen molar-refractivity contribution in [1.29, 1.82) is 0 Å². The first-order valence-electron chi connectivity index (χ1n) is 27.0. The van der Waals surface area contributed by atoms with Gasteiger partial charge in [-0.15, -0.1) is 0 Å². The lowest BCUT2D eigenvalue weighted by molar-refractivity contribution is -0.138. The number of amides is 2. The third kappa shape index (κ3) is 34.9. The first kappa shape index (κ1) is 62.8. The molecule has 0 saturated carbocycles. The fraction of sp³-hybridized carbons (Fsp3) is 0.923. The Bertz CT molecular complexity index is 1080. The topological polar surface area (TPSA) is 180 Å². The van der Waals surface area contributed by atoms with E-state index in [2.05, 4.69) is 48.1 Å². The Morgan fingerprint density at radius 3 is 0.939 bits per heavy atom. The van der Waals surface area contributed by atoms with Gasteiger partial charge in [0.1, 0.15) is 12.1 Å². The summed E-state index contributed by atoms with van der Waals surface area (Å²) in [5.41, 5.74) is 0. The van der Waals surface area contributed by atoms with Gasteiger partial charge in [-0.05, 0) is 25.7 Å². The first-order valence-corrected chi connectivity index (χ1v) is 29.0. The van der Waals surface area contributed by atoms with E-state index in [-0.39, 0.29) is 23.1 Å². The standard InChI is InChI=1S/C52H100N4O8S2/c1-5-9-13-17-21-25-29-43(57)39-55(40-44(58)30-26-22-18-14-10-6-2)33-35-65-49(61)37-47-51(63)54-48(52(64)53-47)38-50(62)66-36-34-56(41-45(59)31-27-23-19-15-11-7-3)42-46(60)32-28-24-20-16-12-8-4/h43-48,57-60H,5-42H2,1-4H3,(H,53,64)(H,54,63). The van der Waals surface area contributed by atoms with Crippen LogP contribution in [0.15, 0.2) is 0 Å². The molecule has 1 rings (SSSR count). The van der Waals surface area contributed by atoms with Gasteiger partial charge in [0.15, 0.2) is 10.2 Å². The molecule has 0 aliphatic carbocycles. The number of carbonyl (C=O) groups excluding carboxylic acids is 4. The molecule has 0 spiro atoms. The molecule has 6 atom stereocenters. The van der Waals surface area contributed by atoms with Crippen LogP contribution in [-0.4, -0.2) is 140 Å². The fourth-order valence-corrected chi connectivity index (χ4v) is 10.4. The van der Waals surface area contributed by atoms with Crippen LogP contribution in [0.3, 0.4) is 0 Å². The highest BCUT2D eigenvalue weighted by molar-refractivity contribution is 8.13. The molecule has 0 aromatic rings. The van der Waals surface area contributed by atoms with E-state index in [4.69, 9.17) is 0 Å². The number of aliphatic hydroxyl groups is 4. The quantitative estimate of drug-likeness (QED) is 0.0319. The van der Waals surface area contributed by atoms with E-state index in [1.165, 1.54) is 103 Å². The van der Waals surface area contributed by atoms with Crippen molar-refractivity contribution in [3.63, 3.8) is 0 Å². The maximum absolute atomic E-state index is 13.1. The smallest absolute Gasteiger partial charge is 0.243 e. The molecule has 1 aliphatic heterocycles. The Kier molecular flexibility index (Phi) is 40.5. The molecule has 6 N–H and O–H groups in total. The first-order chi connectivity index (χ1) is 31.9. The molecule has 2 amide bonds. The summed E-state index contributed by atoms with van der Waals surface area (Å²) in [7, 11) is 0. The summed E-state index contributed by atoms with van der Waals surface area (Å²) in [5, 5.41) is 48.4. The largest absolute Gasteiger partial charge is 0.392 e. The number of nitrogens with zero attached hydrogens (tertiary/aromatic N) is 2. The predicted molar refractivity (Wildman–Crippen MR) is 277 cm³/mol. The number of hydrogen-bond donors (Lipinski definition) is 6. The normalized spacial score (nSPS) is 17.2. The van der Waals surface area contributed by atoms with Gasteiger partial charge in [0.25, 0.3) is 0 Å². The predicted octanol–water partition coefficient (Wildman–Crippen LogP) is 9.32. The number of unbranched alkanes of at least 4 members (excludes halogenated alkanes) is 20. The van der Waals surface area contributed by atoms with Gasteiger partial charge in [-0.1, -0.05) is 205 Å². The highest BCUT2D eigenvalue weighted by atomic mass is 32.2. The van der Waals surface area contributed by atoms with Crippen molar-refractivity contribution in [3.05, 3.63) is 0 Å². The summed E-state index contributed by atoms with van der Waals surface area (Å²) in [5.74, 6) is -0.130. The van der Waals surface area contributed by atoms with Crippen LogP contribution in [0.4, 0.5) is 0 Å². The molecule has 12 nitrogen and oxygen atoms in total. The van der Waals surface area contributed by atoms with E-state index >= 15 is 0 Å². The average Bonchev–Trinajstić information content (AvgIpc) is 3.27. The van der Waals surface area contributed by atoms with E-state index in [0.717, 1.165) is 74.9 Å². The molecule has 0 aromatic heterocycles. The number of rotatable bonds is 46. The zero-order valence-corrected chi connectivity index (χ0v) is 44.1. The van der Waals surface area contributed by atoms with Crippen molar-refractivity contribution < 1.29 is 39.6 Å². The van der Waals surface area contributed by atoms with Crippen molar-refractivity contribution in [3.8, 4) is 0 Å². The van der Waals surface area contributed by atoms with E-state index in [9.17, 15) is 39.6 Å². The average molecular weight is 974 g/mol. The van der Waals surface area contributed by atoms with Gasteiger partial charge in [0.05, 0.1) is 24.4 Å². The number of thioether (sulfide) groups is 2. The second-order valence-electron chi connectivity index (χ2n) is 19.3. The minimum atomic E-state index is -1.02. The highest BCUT2D eigenvalue weighted by Crippen LogP contribution is 2.18. The molecular weight excluding hydrogens is 873 g/mol. The van der Waals surface area contributed by atoms with Crippen LogP contribution in [0.2, 0.25) is 0 Å². The van der Waals surface area contributed by atoms with Gasteiger partial charge < -0.3 is 31.1 Å². The lowest BCUT2D eigenvalue weighted by Gasteiger charge is -2.29. The second-order valence-corrected chi connectivity index (χ2v) is 21.6. The van der Waals surface area contributed by atoms with E-state index in [1.807, 2.05) is 0 Å². The minimum Gasteiger partial charge on any atom is -0.392 e. The number of aliphatic hydroxyl groups excluding tert-OH is 4. The molecule has 66 heavy (non-hydrogen) atoms. The van der Waals surface area contributed by atoms with Crippen molar-refractivity contribution in [1.82, 2.24) is 20.4 Å². The SMILES string of the molecule is CCCCCCCCC(O)CN(CCSC(=O)CC1NC(=O)C(CC(=O)SCCN(CC(O)CCCCCCCC)CC(O)CCCCCCCC)NC1=O)CC(O)CCCCCCCC. The maximum atomic E-state index is 13.1. The van der Waals surface area contributed by atoms with Gasteiger partial charge in [0, 0.05) is 63.6 Å². The molecule has 1 heterocycles. The summed E-state index contributed by atoms with van der Waals surface area (Å²) in [4.78, 5) is 56.4. The molecule has 388 valence electrons. The summed E-state index contributed by atoms with van der Waals surface area (Å²) in [6.45, 7) is 11.5. The molecule has 0 aromatic carbocycles. The Hall–Kier alpha value is -1.26. The summed E-state index contributed by atoms with van der Waals surface area (Å²) < 4.78 is 0. The Labute approximate surface area is 411 Å². The van der Waals surface area contributed by atoms with Gasteiger partial charge in [0.2, 0.25) is 11.8 Å². The molecule has 0 radical (unpaired) electrons. The maximum Gasteiger partial charge on any atom is 0.243 e. The summed E-state index contributed by atoms with van der Waals surface area (Å²) in [6, 6.07) is -2.05. The summed E-state index contributed by atoms with van der Waals surface area (Å²) >= 11 is 2.18. The molecule has 0 bridgehead atoms. The van der Waals surface area contributed by atoms with Crippen LogP contribution in [0.25, 0.3) is 0 Å². The van der Waals surface area contributed by atoms with Crippen molar-refractivity contribution in [2.45, 2.75) is 257 Å². The van der Waals surface area contributed by atoms with E-state index in [0.29, 0.717) is 76.5 Å². The van der Waals surface area contributed by atoms with Crippen LogP contribution in [-0.2, 0) is 19.2 Å². The number of hydrogen-bond acceptors (Lipinski definition) is 12. The van der Waals surface area contributed by atoms with Gasteiger partial charge in [-0.3, -0.25) is 29.0 Å². The van der Waals surface area contributed by atoms with Gasteiger partial charge in [-0.25, -0.2) is 0 Å². The molecule has 6 unspecified atom stereocenters. The van der Waals surface area contributed by atoms with Crippen LogP contribution in [0, 0.1) is 0 Å². The highest BCUT2D eigenvalue weighted by Gasteiger charge is 2.36. The van der Waals surface area contributed by atoms with Crippen molar-refractivity contribution >= 4 is 45.6 Å². The van der Waals surface area contributed by atoms with Crippen molar-refractivity contribution in [2.24, 2.45) is 0 Å².